The van der Waals surface area contributed by atoms with Gasteiger partial charge in [-0.15, -0.1) is 0 Å². The second-order valence-corrected chi connectivity index (χ2v) is 3.42. The number of benzene rings is 1. The van der Waals surface area contributed by atoms with E-state index in [2.05, 4.69) is 5.10 Å². The average molecular weight is 209 g/mol. The Balaban J connectivity index is 2.28. The van der Waals surface area contributed by atoms with Gasteiger partial charge in [0.25, 0.3) is 5.56 Å². The van der Waals surface area contributed by atoms with Crippen molar-refractivity contribution in [3.8, 4) is 0 Å². The molecule has 0 unspecified atom stereocenters. The normalized spacial score (nSPS) is 10.4. The molecular weight excluding hydrogens is 200 g/mol. The highest BCUT2D eigenvalue weighted by Crippen LogP contribution is 2.02. The molecule has 3 nitrogen and oxygen atoms in total. The molecule has 14 heavy (non-hydrogen) atoms. The summed E-state index contributed by atoms with van der Waals surface area (Å²) in [6, 6.07) is 11.1. The molecule has 1 N–H and O–H groups in total. The molecule has 72 valence electrons. The van der Waals surface area contributed by atoms with Crippen molar-refractivity contribution in [3.63, 3.8) is 0 Å². The minimum Gasteiger partial charge on any atom is -0.284 e. The van der Waals surface area contributed by atoms with Crippen molar-refractivity contribution >= 4 is 11.6 Å². The van der Waals surface area contributed by atoms with E-state index in [1.54, 1.807) is 0 Å². The molecule has 0 atom stereocenters. The van der Waals surface area contributed by atoms with E-state index in [1.807, 2.05) is 30.3 Å². The van der Waals surface area contributed by atoms with Gasteiger partial charge in [0.1, 0.15) is 5.15 Å². The Bertz CT molecular complexity index is 472. The number of aromatic nitrogens is 2. The van der Waals surface area contributed by atoms with Crippen molar-refractivity contribution in [3.05, 3.63) is 57.5 Å². The summed E-state index contributed by atoms with van der Waals surface area (Å²) < 4.78 is 1.47. The summed E-state index contributed by atoms with van der Waals surface area (Å²) in [7, 11) is 0. The fourth-order valence-corrected chi connectivity index (χ4v) is 1.48. The number of nitrogens with one attached hydrogen (secondary N) is 1. The molecule has 0 fully saturated rings. The maximum atomic E-state index is 11.3. The second kappa shape index (κ2) is 3.72. The summed E-state index contributed by atoms with van der Waals surface area (Å²) in [5, 5.41) is 3.13. The number of hydrogen-bond donors (Lipinski definition) is 1. The lowest BCUT2D eigenvalue weighted by Crippen LogP contribution is -2.16. The molecule has 0 amide bonds. The maximum absolute atomic E-state index is 11.3. The van der Waals surface area contributed by atoms with E-state index < -0.39 is 0 Å². The molecule has 0 saturated heterocycles. The largest absolute Gasteiger partial charge is 0.284 e. The molecule has 1 aromatic carbocycles. The SMILES string of the molecule is O=c1cc(Cl)[nH]n1Cc1ccccc1. The lowest BCUT2D eigenvalue weighted by atomic mass is 10.2. The van der Waals surface area contributed by atoms with E-state index in [0.717, 1.165) is 5.56 Å². The van der Waals surface area contributed by atoms with Gasteiger partial charge in [0.2, 0.25) is 0 Å². The lowest BCUT2D eigenvalue weighted by molar-refractivity contribution is 0.664. The minimum atomic E-state index is -0.112. The Morgan fingerprint density at radius 2 is 2.00 bits per heavy atom. The first-order chi connectivity index (χ1) is 6.75. The Morgan fingerprint density at radius 3 is 2.57 bits per heavy atom. The molecule has 0 bridgehead atoms. The third kappa shape index (κ3) is 1.88. The fraction of sp³-hybridized carbons (Fsp3) is 0.100. The van der Waals surface area contributed by atoms with Crippen LogP contribution in [0.5, 0.6) is 0 Å². The van der Waals surface area contributed by atoms with E-state index in [1.165, 1.54) is 10.7 Å². The van der Waals surface area contributed by atoms with Gasteiger partial charge in [0.05, 0.1) is 6.54 Å². The minimum absolute atomic E-state index is 0.112. The summed E-state index contributed by atoms with van der Waals surface area (Å²) in [6.07, 6.45) is 0. The third-order valence-corrected chi connectivity index (χ3v) is 2.14. The molecule has 2 rings (SSSR count). The molecule has 0 aliphatic carbocycles. The van der Waals surface area contributed by atoms with Crippen LogP contribution in [0.1, 0.15) is 5.56 Å². The second-order valence-electron chi connectivity index (χ2n) is 3.01. The molecular formula is C10H9ClN2O. The maximum Gasteiger partial charge on any atom is 0.268 e. The highest BCUT2D eigenvalue weighted by atomic mass is 35.5. The molecule has 1 heterocycles. The van der Waals surface area contributed by atoms with Crippen molar-refractivity contribution in [1.82, 2.24) is 9.78 Å². The van der Waals surface area contributed by atoms with Gasteiger partial charge in [0, 0.05) is 6.07 Å². The van der Waals surface area contributed by atoms with Gasteiger partial charge in [-0.05, 0) is 5.56 Å². The van der Waals surface area contributed by atoms with Gasteiger partial charge in [-0.1, -0.05) is 41.9 Å². The standard InChI is InChI=1S/C10H9ClN2O/c11-9-6-10(14)13(12-9)7-8-4-2-1-3-5-8/h1-6,12H,7H2. The summed E-state index contributed by atoms with van der Waals surface area (Å²) >= 11 is 5.66. The molecule has 0 aliphatic rings. The van der Waals surface area contributed by atoms with Crippen LogP contribution < -0.4 is 5.56 Å². The Hall–Kier alpha value is -1.48. The van der Waals surface area contributed by atoms with E-state index in [4.69, 9.17) is 11.6 Å². The van der Waals surface area contributed by atoms with Gasteiger partial charge in [-0.2, -0.15) is 0 Å². The molecule has 0 saturated carbocycles. The van der Waals surface area contributed by atoms with Crippen LogP contribution >= 0.6 is 11.6 Å². The van der Waals surface area contributed by atoms with Gasteiger partial charge < -0.3 is 0 Å². The quantitative estimate of drug-likeness (QED) is 0.804. The van der Waals surface area contributed by atoms with Gasteiger partial charge in [-0.3, -0.25) is 9.89 Å². The zero-order valence-electron chi connectivity index (χ0n) is 7.40. The first-order valence-electron chi connectivity index (χ1n) is 4.25. The van der Waals surface area contributed by atoms with Crippen LogP contribution in [0.3, 0.4) is 0 Å². The topological polar surface area (TPSA) is 37.8 Å². The average Bonchev–Trinajstić information content (AvgIpc) is 2.47. The van der Waals surface area contributed by atoms with E-state index in [9.17, 15) is 4.79 Å². The molecule has 0 aliphatic heterocycles. The van der Waals surface area contributed by atoms with Crippen LogP contribution in [0, 0.1) is 0 Å². The summed E-state index contributed by atoms with van der Waals surface area (Å²) in [5.74, 6) is 0. The fourth-order valence-electron chi connectivity index (χ4n) is 1.29. The number of H-pyrrole nitrogens is 1. The van der Waals surface area contributed by atoms with Gasteiger partial charge >= 0.3 is 0 Å². The van der Waals surface area contributed by atoms with Crippen LogP contribution in [0.15, 0.2) is 41.2 Å². The van der Waals surface area contributed by atoms with Gasteiger partial charge in [-0.25, -0.2) is 4.68 Å². The Labute approximate surface area is 85.9 Å². The number of nitrogens with zero attached hydrogens (tertiary/aromatic N) is 1. The molecule has 2 aromatic rings. The highest BCUT2D eigenvalue weighted by Gasteiger charge is 2.00. The van der Waals surface area contributed by atoms with E-state index in [0.29, 0.717) is 11.7 Å². The van der Waals surface area contributed by atoms with Crippen LogP contribution in [0.2, 0.25) is 5.15 Å². The zero-order valence-corrected chi connectivity index (χ0v) is 8.16. The molecule has 0 spiro atoms. The smallest absolute Gasteiger partial charge is 0.268 e. The van der Waals surface area contributed by atoms with Crippen molar-refractivity contribution in [2.75, 3.05) is 0 Å². The Kier molecular flexibility index (Phi) is 2.41. The number of aromatic amines is 1. The summed E-state index contributed by atoms with van der Waals surface area (Å²) in [4.78, 5) is 11.3. The zero-order chi connectivity index (χ0) is 9.97. The van der Waals surface area contributed by atoms with Crippen molar-refractivity contribution in [2.45, 2.75) is 6.54 Å². The van der Waals surface area contributed by atoms with Crippen LogP contribution in [-0.4, -0.2) is 9.78 Å². The van der Waals surface area contributed by atoms with Gasteiger partial charge in [0.15, 0.2) is 0 Å². The molecule has 0 radical (unpaired) electrons. The number of hydrogen-bond acceptors (Lipinski definition) is 1. The third-order valence-electron chi connectivity index (χ3n) is 1.94. The summed E-state index contributed by atoms with van der Waals surface area (Å²) in [5.41, 5.74) is 0.951. The van der Waals surface area contributed by atoms with Crippen LogP contribution in [0.4, 0.5) is 0 Å². The van der Waals surface area contributed by atoms with Crippen LogP contribution in [0.25, 0.3) is 0 Å². The predicted octanol–water partition coefficient (Wildman–Crippen LogP) is 1.88. The molecule has 4 heteroatoms. The van der Waals surface area contributed by atoms with Crippen molar-refractivity contribution < 1.29 is 0 Å². The lowest BCUT2D eigenvalue weighted by Gasteiger charge is -2.00. The number of rotatable bonds is 2. The first kappa shape index (κ1) is 9.09. The molecule has 1 aromatic heterocycles. The van der Waals surface area contributed by atoms with Crippen molar-refractivity contribution in [2.24, 2.45) is 0 Å². The highest BCUT2D eigenvalue weighted by molar-refractivity contribution is 6.29. The summed E-state index contributed by atoms with van der Waals surface area (Å²) in [6.45, 7) is 0.520. The predicted molar refractivity (Wildman–Crippen MR) is 55.6 cm³/mol. The number of halogens is 1. The van der Waals surface area contributed by atoms with E-state index >= 15 is 0 Å². The Morgan fingerprint density at radius 1 is 1.29 bits per heavy atom. The monoisotopic (exact) mass is 208 g/mol. The van der Waals surface area contributed by atoms with Crippen LogP contribution in [-0.2, 0) is 6.54 Å². The first-order valence-corrected chi connectivity index (χ1v) is 4.63. The van der Waals surface area contributed by atoms with Crippen molar-refractivity contribution in [1.29, 1.82) is 0 Å². The van der Waals surface area contributed by atoms with E-state index in [-0.39, 0.29) is 5.56 Å².